The molecular formula is C21H18ClN5O5S. The maximum Gasteiger partial charge on any atom is 0.262 e. The van der Waals surface area contributed by atoms with Gasteiger partial charge >= 0.3 is 0 Å². The number of hydrogen-bond acceptors (Lipinski definition) is 8. The van der Waals surface area contributed by atoms with Gasteiger partial charge in [-0.05, 0) is 56.3 Å². The van der Waals surface area contributed by atoms with Crippen molar-refractivity contribution in [2.24, 2.45) is 5.14 Å². The number of halogens is 1. The molecule has 170 valence electrons. The monoisotopic (exact) mass is 487 g/mol. The summed E-state index contributed by atoms with van der Waals surface area (Å²) >= 11 is 6.01. The molecule has 3 rings (SSSR count). The number of nitrogens with two attached hydrogens (primary N) is 1. The molecule has 10 nitrogen and oxygen atoms in total. The molecule has 0 atom stereocenters. The van der Waals surface area contributed by atoms with E-state index in [1.165, 1.54) is 37.3 Å². The SMILES string of the molecule is Cc1ccc(OCC(=O)Nc2ccc(S(N)(=O)=O)nc2C)c(Oc2cc(Cl)cc(C#N)c2)n1. The molecule has 0 bridgehead atoms. The van der Waals surface area contributed by atoms with E-state index in [-0.39, 0.29) is 28.1 Å². The van der Waals surface area contributed by atoms with Crippen LogP contribution < -0.4 is 19.9 Å². The molecule has 0 radical (unpaired) electrons. The lowest BCUT2D eigenvalue weighted by Crippen LogP contribution is -2.22. The van der Waals surface area contributed by atoms with Gasteiger partial charge in [0, 0.05) is 10.7 Å². The highest BCUT2D eigenvalue weighted by Gasteiger charge is 2.15. The number of pyridine rings is 2. The zero-order chi connectivity index (χ0) is 24.2. The molecule has 3 aromatic rings. The van der Waals surface area contributed by atoms with Crippen LogP contribution in [0.5, 0.6) is 17.4 Å². The van der Waals surface area contributed by atoms with E-state index >= 15 is 0 Å². The minimum atomic E-state index is -3.95. The minimum absolute atomic E-state index is 0.0873. The first-order chi connectivity index (χ1) is 15.5. The van der Waals surface area contributed by atoms with Crippen LogP contribution in [0.1, 0.15) is 17.0 Å². The standard InChI is InChI=1S/C21H18ClN5O5S/c1-12-3-5-18(21(25-12)32-16-8-14(10-23)7-15(22)9-16)31-11-19(28)27-17-4-6-20(26-13(17)2)33(24,29)30/h3-9H,11H2,1-2H3,(H,27,28)(H2,24,29,30). The van der Waals surface area contributed by atoms with Gasteiger partial charge < -0.3 is 14.8 Å². The second kappa shape index (κ2) is 9.83. The Morgan fingerprint density at radius 2 is 1.94 bits per heavy atom. The summed E-state index contributed by atoms with van der Waals surface area (Å²) in [5, 5.41) is 16.8. The van der Waals surface area contributed by atoms with Gasteiger partial charge in [0.15, 0.2) is 17.4 Å². The Labute approximate surface area is 195 Å². The third-order valence-electron chi connectivity index (χ3n) is 4.16. The molecule has 0 saturated carbocycles. The Hall–Kier alpha value is -3.72. The summed E-state index contributed by atoms with van der Waals surface area (Å²) in [4.78, 5) is 20.5. The van der Waals surface area contributed by atoms with Gasteiger partial charge in [-0.15, -0.1) is 0 Å². The minimum Gasteiger partial charge on any atom is -0.478 e. The topological polar surface area (TPSA) is 157 Å². The van der Waals surface area contributed by atoms with Crippen LogP contribution in [0.3, 0.4) is 0 Å². The number of benzene rings is 1. The molecule has 0 spiro atoms. The van der Waals surface area contributed by atoms with Crippen molar-refractivity contribution in [3.05, 3.63) is 64.4 Å². The average Bonchev–Trinajstić information content (AvgIpc) is 2.73. The number of nitrogens with one attached hydrogen (secondary N) is 1. The van der Waals surface area contributed by atoms with E-state index in [4.69, 9.17) is 31.5 Å². The van der Waals surface area contributed by atoms with E-state index in [0.717, 1.165) is 0 Å². The van der Waals surface area contributed by atoms with Crippen LogP contribution >= 0.6 is 11.6 Å². The van der Waals surface area contributed by atoms with Crippen molar-refractivity contribution >= 4 is 33.2 Å². The van der Waals surface area contributed by atoms with Crippen LogP contribution in [-0.2, 0) is 14.8 Å². The van der Waals surface area contributed by atoms with Gasteiger partial charge in [-0.2, -0.15) is 5.26 Å². The van der Waals surface area contributed by atoms with Gasteiger partial charge in [0.1, 0.15) is 5.75 Å². The first-order valence-corrected chi connectivity index (χ1v) is 11.3. The number of amides is 1. The van der Waals surface area contributed by atoms with E-state index in [1.807, 2.05) is 6.07 Å². The third kappa shape index (κ3) is 6.39. The van der Waals surface area contributed by atoms with Crippen LogP contribution in [0.15, 0.2) is 47.5 Å². The zero-order valence-electron chi connectivity index (χ0n) is 17.5. The van der Waals surface area contributed by atoms with Gasteiger partial charge in [-0.25, -0.2) is 23.5 Å². The fraction of sp³-hybridized carbons (Fsp3) is 0.143. The van der Waals surface area contributed by atoms with Gasteiger partial charge in [0.25, 0.3) is 21.8 Å². The summed E-state index contributed by atoms with van der Waals surface area (Å²) in [5.74, 6) is 0.0327. The molecule has 33 heavy (non-hydrogen) atoms. The number of nitrogens with zero attached hydrogens (tertiary/aromatic N) is 3. The molecule has 2 aromatic heterocycles. The number of hydrogen-bond donors (Lipinski definition) is 2. The number of nitriles is 1. The predicted molar refractivity (Wildman–Crippen MR) is 120 cm³/mol. The molecule has 0 fully saturated rings. The molecule has 3 N–H and O–H groups in total. The van der Waals surface area contributed by atoms with Crippen molar-refractivity contribution in [1.29, 1.82) is 5.26 Å². The van der Waals surface area contributed by atoms with Gasteiger partial charge in [-0.1, -0.05) is 11.6 Å². The second-order valence-electron chi connectivity index (χ2n) is 6.81. The van der Waals surface area contributed by atoms with Crippen molar-refractivity contribution in [3.8, 4) is 23.4 Å². The molecule has 0 aliphatic carbocycles. The molecule has 1 aromatic carbocycles. The molecule has 0 unspecified atom stereocenters. The Morgan fingerprint density at radius 3 is 2.61 bits per heavy atom. The molecular weight excluding hydrogens is 470 g/mol. The molecule has 12 heteroatoms. The van der Waals surface area contributed by atoms with E-state index < -0.39 is 22.5 Å². The van der Waals surface area contributed by atoms with Crippen molar-refractivity contribution in [2.75, 3.05) is 11.9 Å². The number of aryl methyl sites for hydroxylation is 2. The van der Waals surface area contributed by atoms with Crippen LogP contribution in [0, 0.1) is 25.2 Å². The van der Waals surface area contributed by atoms with Crippen molar-refractivity contribution in [2.45, 2.75) is 18.9 Å². The highest BCUT2D eigenvalue weighted by atomic mass is 35.5. The lowest BCUT2D eigenvalue weighted by molar-refractivity contribution is -0.118. The molecule has 2 heterocycles. The number of aromatic nitrogens is 2. The van der Waals surface area contributed by atoms with E-state index in [0.29, 0.717) is 22.0 Å². The number of sulfonamides is 1. The van der Waals surface area contributed by atoms with Crippen molar-refractivity contribution in [1.82, 2.24) is 9.97 Å². The summed E-state index contributed by atoms with van der Waals surface area (Å²) in [6.45, 7) is 2.89. The average molecular weight is 488 g/mol. The molecule has 0 saturated heterocycles. The van der Waals surface area contributed by atoms with Gasteiger partial charge in [0.05, 0.1) is 23.0 Å². The summed E-state index contributed by atoms with van der Waals surface area (Å²) in [6, 6.07) is 12.3. The van der Waals surface area contributed by atoms with Crippen molar-refractivity contribution in [3.63, 3.8) is 0 Å². The summed E-state index contributed by atoms with van der Waals surface area (Å²) in [7, 11) is -3.95. The van der Waals surface area contributed by atoms with Crippen LogP contribution in [-0.4, -0.2) is 30.9 Å². The van der Waals surface area contributed by atoms with Gasteiger partial charge in [0.2, 0.25) is 0 Å². The van der Waals surface area contributed by atoms with E-state index in [2.05, 4.69) is 15.3 Å². The lowest BCUT2D eigenvalue weighted by atomic mass is 10.2. The first-order valence-electron chi connectivity index (χ1n) is 9.34. The summed E-state index contributed by atoms with van der Waals surface area (Å²) in [5.41, 5.74) is 1.52. The Bertz CT molecular complexity index is 1370. The fourth-order valence-electron chi connectivity index (χ4n) is 2.66. The van der Waals surface area contributed by atoms with E-state index in [9.17, 15) is 13.2 Å². The molecule has 1 amide bonds. The predicted octanol–water partition coefficient (Wildman–Crippen LogP) is 3.08. The normalized spacial score (nSPS) is 10.9. The largest absolute Gasteiger partial charge is 0.478 e. The first kappa shape index (κ1) is 23.9. The third-order valence-corrected chi connectivity index (χ3v) is 5.19. The number of carbonyl (C=O) groups is 1. The maximum absolute atomic E-state index is 12.4. The maximum atomic E-state index is 12.4. The van der Waals surface area contributed by atoms with E-state index in [1.54, 1.807) is 19.1 Å². The quantitative estimate of drug-likeness (QED) is 0.514. The Balaban J connectivity index is 1.72. The van der Waals surface area contributed by atoms with Crippen LogP contribution in [0.25, 0.3) is 0 Å². The second-order valence-corrected chi connectivity index (χ2v) is 8.75. The molecule has 0 aliphatic rings. The zero-order valence-corrected chi connectivity index (χ0v) is 19.1. The highest BCUT2D eigenvalue weighted by Crippen LogP contribution is 2.31. The Morgan fingerprint density at radius 1 is 1.18 bits per heavy atom. The van der Waals surface area contributed by atoms with Crippen LogP contribution in [0.2, 0.25) is 5.02 Å². The van der Waals surface area contributed by atoms with Crippen molar-refractivity contribution < 1.29 is 22.7 Å². The Kier molecular flexibility index (Phi) is 7.13. The highest BCUT2D eigenvalue weighted by molar-refractivity contribution is 7.89. The van der Waals surface area contributed by atoms with Gasteiger partial charge in [-0.3, -0.25) is 4.79 Å². The summed E-state index contributed by atoms with van der Waals surface area (Å²) in [6.07, 6.45) is 0. The number of anilines is 1. The molecule has 0 aliphatic heterocycles. The number of rotatable bonds is 7. The smallest absolute Gasteiger partial charge is 0.262 e. The number of ether oxygens (including phenoxy) is 2. The fourth-order valence-corrected chi connectivity index (χ4v) is 3.41. The lowest BCUT2D eigenvalue weighted by Gasteiger charge is -2.13. The number of primary sulfonamides is 1. The van der Waals surface area contributed by atoms with Crippen LogP contribution in [0.4, 0.5) is 5.69 Å². The number of carbonyl (C=O) groups excluding carboxylic acids is 1. The summed E-state index contributed by atoms with van der Waals surface area (Å²) < 4.78 is 34.1.